The standard InChI is InChI=1S/C14H18N4O3S/c1-3-9-8-10-11(15-13(21-2)16-12(10)22-9)17-4-6-18(7-5-17)14(19)20/h8H,3-7H2,1-2H3,(H,19,20). The third-order valence-corrected chi connectivity index (χ3v) is 4.96. The summed E-state index contributed by atoms with van der Waals surface area (Å²) in [5.41, 5.74) is 0. The molecule has 8 heteroatoms. The number of aromatic nitrogens is 2. The number of thiophene rings is 1. The first kappa shape index (κ1) is 14.8. The van der Waals surface area contributed by atoms with Crippen LogP contribution in [-0.4, -0.2) is 59.4 Å². The maximum atomic E-state index is 11.0. The van der Waals surface area contributed by atoms with Gasteiger partial charge in [0.2, 0.25) is 0 Å². The van der Waals surface area contributed by atoms with Crippen LogP contribution in [0.25, 0.3) is 10.2 Å². The van der Waals surface area contributed by atoms with E-state index in [1.165, 1.54) is 9.78 Å². The SMILES string of the molecule is CCc1cc2c(N3CCN(C(=O)O)CC3)nc(OC)nc2s1. The Morgan fingerprint density at radius 3 is 2.68 bits per heavy atom. The van der Waals surface area contributed by atoms with Crippen LogP contribution in [0.4, 0.5) is 10.6 Å². The number of methoxy groups -OCH3 is 1. The quantitative estimate of drug-likeness (QED) is 0.932. The molecule has 0 aliphatic carbocycles. The Kier molecular flexibility index (Phi) is 4.02. The number of amides is 1. The predicted octanol–water partition coefficient (Wildman–Crippen LogP) is 2.06. The molecule has 0 spiro atoms. The van der Waals surface area contributed by atoms with Crippen molar-refractivity contribution in [1.29, 1.82) is 0 Å². The summed E-state index contributed by atoms with van der Waals surface area (Å²) >= 11 is 1.65. The van der Waals surface area contributed by atoms with Crippen LogP contribution in [0.5, 0.6) is 6.01 Å². The number of aryl methyl sites for hydroxylation is 1. The molecular weight excluding hydrogens is 304 g/mol. The molecule has 0 bridgehead atoms. The second-order valence-electron chi connectivity index (χ2n) is 5.08. The van der Waals surface area contributed by atoms with Gasteiger partial charge in [0, 0.05) is 31.1 Å². The number of hydrogen-bond donors (Lipinski definition) is 1. The summed E-state index contributed by atoms with van der Waals surface area (Å²) in [6.45, 7) is 4.32. The zero-order valence-electron chi connectivity index (χ0n) is 12.6. The molecule has 2 aromatic heterocycles. The monoisotopic (exact) mass is 322 g/mol. The van der Waals surface area contributed by atoms with E-state index < -0.39 is 6.09 Å². The predicted molar refractivity (Wildman–Crippen MR) is 85.2 cm³/mol. The van der Waals surface area contributed by atoms with E-state index >= 15 is 0 Å². The van der Waals surface area contributed by atoms with E-state index in [2.05, 4.69) is 27.9 Å². The highest BCUT2D eigenvalue weighted by atomic mass is 32.1. The van der Waals surface area contributed by atoms with Crippen molar-refractivity contribution in [1.82, 2.24) is 14.9 Å². The summed E-state index contributed by atoms with van der Waals surface area (Å²) in [5.74, 6) is 0.836. The first-order chi connectivity index (χ1) is 10.6. The Balaban J connectivity index is 1.95. The minimum absolute atomic E-state index is 0.354. The van der Waals surface area contributed by atoms with Crippen molar-refractivity contribution in [3.63, 3.8) is 0 Å². The summed E-state index contributed by atoms with van der Waals surface area (Å²) in [6.07, 6.45) is 0.0872. The van der Waals surface area contributed by atoms with Crippen molar-refractivity contribution in [2.24, 2.45) is 0 Å². The lowest BCUT2D eigenvalue weighted by atomic mass is 10.2. The van der Waals surface area contributed by atoms with Gasteiger partial charge in [-0.1, -0.05) is 6.92 Å². The minimum atomic E-state index is -0.867. The van der Waals surface area contributed by atoms with Crippen molar-refractivity contribution in [3.05, 3.63) is 10.9 Å². The van der Waals surface area contributed by atoms with Gasteiger partial charge in [-0.3, -0.25) is 0 Å². The van der Waals surface area contributed by atoms with Crippen molar-refractivity contribution in [2.75, 3.05) is 38.2 Å². The number of ether oxygens (including phenoxy) is 1. The third-order valence-electron chi connectivity index (χ3n) is 3.78. The van der Waals surface area contributed by atoms with E-state index in [0.29, 0.717) is 32.2 Å². The van der Waals surface area contributed by atoms with Crippen LogP contribution in [-0.2, 0) is 6.42 Å². The summed E-state index contributed by atoms with van der Waals surface area (Å²) in [4.78, 5) is 25.6. The van der Waals surface area contributed by atoms with Gasteiger partial charge in [-0.15, -0.1) is 11.3 Å². The van der Waals surface area contributed by atoms with Crippen LogP contribution in [0.2, 0.25) is 0 Å². The molecule has 0 radical (unpaired) electrons. The van der Waals surface area contributed by atoms with Crippen LogP contribution in [0.15, 0.2) is 6.07 Å². The van der Waals surface area contributed by atoms with Crippen molar-refractivity contribution in [3.8, 4) is 6.01 Å². The Morgan fingerprint density at radius 1 is 1.36 bits per heavy atom. The smallest absolute Gasteiger partial charge is 0.407 e. The molecule has 7 nitrogen and oxygen atoms in total. The third kappa shape index (κ3) is 2.66. The second kappa shape index (κ2) is 5.96. The number of nitrogens with zero attached hydrogens (tertiary/aromatic N) is 4. The summed E-state index contributed by atoms with van der Waals surface area (Å²) < 4.78 is 5.21. The van der Waals surface area contributed by atoms with Gasteiger partial charge in [-0.2, -0.15) is 9.97 Å². The fourth-order valence-corrected chi connectivity index (χ4v) is 3.51. The fraction of sp³-hybridized carbons (Fsp3) is 0.500. The van der Waals surface area contributed by atoms with Crippen LogP contribution in [0.1, 0.15) is 11.8 Å². The van der Waals surface area contributed by atoms with Gasteiger partial charge in [0.1, 0.15) is 10.6 Å². The van der Waals surface area contributed by atoms with Gasteiger partial charge in [-0.05, 0) is 12.5 Å². The van der Waals surface area contributed by atoms with Crippen LogP contribution in [0, 0.1) is 0 Å². The van der Waals surface area contributed by atoms with Crippen LogP contribution < -0.4 is 9.64 Å². The van der Waals surface area contributed by atoms with E-state index in [1.54, 1.807) is 18.4 Å². The molecule has 1 saturated heterocycles. The highest BCUT2D eigenvalue weighted by molar-refractivity contribution is 7.18. The molecule has 0 atom stereocenters. The van der Waals surface area contributed by atoms with E-state index in [0.717, 1.165) is 22.5 Å². The molecule has 3 heterocycles. The lowest BCUT2D eigenvalue weighted by Crippen LogP contribution is -2.48. The lowest BCUT2D eigenvalue weighted by Gasteiger charge is -2.34. The zero-order chi connectivity index (χ0) is 15.7. The Labute approximate surface area is 132 Å². The van der Waals surface area contributed by atoms with Gasteiger partial charge in [0.05, 0.1) is 12.5 Å². The van der Waals surface area contributed by atoms with Crippen LogP contribution in [0.3, 0.4) is 0 Å². The number of hydrogen-bond acceptors (Lipinski definition) is 6. The molecule has 1 fully saturated rings. The molecule has 0 unspecified atom stereocenters. The van der Waals surface area contributed by atoms with Crippen LogP contribution >= 0.6 is 11.3 Å². The molecule has 0 aromatic carbocycles. The van der Waals surface area contributed by atoms with Gasteiger partial charge < -0.3 is 19.6 Å². The lowest BCUT2D eigenvalue weighted by molar-refractivity contribution is 0.142. The summed E-state index contributed by atoms with van der Waals surface area (Å²) in [5, 5.41) is 10.1. The molecule has 1 aliphatic heterocycles. The fourth-order valence-electron chi connectivity index (χ4n) is 2.55. The Hall–Kier alpha value is -2.09. The van der Waals surface area contributed by atoms with Gasteiger partial charge >= 0.3 is 12.1 Å². The van der Waals surface area contributed by atoms with E-state index in [9.17, 15) is 4.79 Å². The highest BCUT2D eigenvalue weighted by Gasteiger charge is 2.24. The van der Waals surface area contributed by atoms with Crippen molar-refractivity contribution < 1.29 is 14.6 Å². The number of fused-ring (bicyclic) bond motifs is 1. The van der Waals surface area contributed by atoms with Gasteiger partial charge in [0.15, 0.2) is 0 Å². The van der Waals surface area contributed by atoms with Crippen molar-refractivity contribution >= 4 is 33.5 Å². The molecule has 118 valence electrons. The number of carbonyl (C=O) groups is 1. The maximum absolute atomic E-state index is 11.0. The summed E-state index contributed by atoms with van der Waals surface area (Å²) in [7, 11) is 1.56. The maximum Gasteiger partial charge on any atom is 0.407 e. The highest BCUT2D eigenvalue weighted by Crippen LogP contribution is 2.33. The number of anilines is 1. The van der Waals surface area contributed by atoms with Crippen molar-refractivity contribution in [2.45, 2.75) is 13.3 Å². The first-order valence-corrected chi connectivity index (χ1v) is 8.01. The Bertz CT molecular complexity index is 695. The van der Waals surface area contributed by atoms with E-state index in [-0.39, 0.29) is 0 Å². The van der Waals surface area contributed by atoms with Gasteiger partial charge in [0.25, 0.3) is 0 Å². The molecule has 1 N–H and O–H groups in total. The molecule has 1 amide bonds. The minimum Gasteiger partial charge on any atom is -0.467 e. The number of piperazine rings is 1. The Morgan fingerprint density at radius 2 is 2.09 bits per heavy atom. The average molecular weight is 322 g/mol. The molecule has 0 saturated carbocycles. The number of rotatable bonds is 3. The topological polar surface area (TPSA) is 78.8 Å². The molecule has 2 aromatic rings. The molecular formula is C14H18N4O3S. The average Bonchev–Trinajstić information content (AvgIpc) is 2.97. The molecule has 22 heavy (non-hydrogen) atoms. The van der Waals surface area contributed by atoms with Gasteiger partial charge in [-0.25, -0.2) is 4.79 Å². The number of carboxylic acid groups (broad SMARTS) is 1. The molecule has 1 aliphatic rings. The second-order valence-corrected chi connectivity index (χ2v) is 6.19. The molecule has 3 rings (SSSR count). The van der Waals surface area contributed by atoms with E-state index in [1.807, 2.05) is 0 Å². The summed E-state index contributed by atoms with van der Waals surface area (Å²) in [6, 6.07) is 2.48. The zero-order valence-corrected chi connectivity index (χ0v) is 13.4. The van der Waals surface area contributed by atoms with E-state index in [4.69, 9.17) is 9.84 Å². The first-order valence-electron chi connectivity index (χ1n) is 7.19. The largest absolute Gasteiger partial charge is 0.467 e. The normalized spacial score (nSPS) is 15.4.